The number of amides is 2. The highest BCUT2D eigenvalue weighted by Gasteiger charge is 2.35. The minimum atomic E-state index is 0.182. The molecule has 2 saturated heterocycles. The third-order valence-electron chi connectivity index (χ3n) is 6.05. The zero-order valence-electron chi connectivity index (χ0n) is 14.5. The maximum atomic E-state index is 12.6. The first-order chi connectivity index (χ1) is 11.8. The number of rotatable bonds is 4. The summed E-state index contributed by atoms with van der Waals surface area (Å²) >= 11 is 0. The number of carbonyl (C=O) groups excluding carboxylic acids is 1. The molecule has 4 heteroatoms. The zero-order chi connectivity index (χ0) is 16.4. The Morgan fingerprint density at radius 3 is 2.54 bits per heavy atom. The van der Waals surface area contributed by atoms with Crippen molar-refractivity contribution in [2.45, 2.75) is 38.1 Å². The first kappa shape index (κ1) is 15.9. The van der Waals surface area contributed by atoms with Gasteiger partial charge in [0.25, 0.3) is 0 Å². The van der Waals surface area contributed by atoms with Crippen LogP contribution in [0.2, 0.25) is 0 Å². The quantitative estimate of drug-likeness (QED) is 0.923. The van der Waals surface area contributed by atoms with Crippen LogP contribution >= 0.6 is 0 Å². The Bertz CT molecular complexity index is 549. The molecule has 1 aromatic rings. The molecule has 0 spiro atoms. The second-order valence-corrected chi connectivity index (χ2v) is 7.92. The molecule has 2 heterocycles. The third-order valence-corrected chi connectivity index (χ3v) is 6.05. The molecule has 1 N–H and O–H groups in total. The smallest absolute Gasteiger partial charge is 0.317 e. The van der Waals surface area contributed by atoms with E-state index in [-0.39, 0.29) is 6.03 Å². The first-order valence-electron chi connectivity index (χ1n) is 9.58. The molecular formula is C20H29N3O. The monoisotopic (exact) mass is 327 g/mol. The van der Waals surface area contributed by atoms with Gasteiger partial charge in [0.2, 0.25) is 0 Å². The summed E-state index contributed by atoms with van der Waals surface area (Å²) in [7, 11) is 0. The van der Waals surface area contributed by atoms with Gasteiger partial charge in [-0.2, -0.15) is 0 Å². The Kier molecular flexibility index (Phi) is 4.74. The van der Waals surface area contributed by atoms with E-state index < -0.39 is 0 Å². The molecule has 4 nitrogen and oxygen atoms in total. The minimum Gasteiger partial charge on any atom is -0.334 e. The van der Waals surface area contributed by atoms with Gasteiger partial charge < -0.3 is 15.1 Å². The normalized spacial score (nSPS) is 29.8. The van der Waals surface area contributed by atoms with E-state index in [1.807, 2.05) is 0 Å². The summed E-state index contributed by atoms with van der Waals surface area (Å²) in [5.74, 6) is 1.53. The van der Waals surface area contributed by atoms with Gasteiger partial charge in [0.15, 0.2) is 0 Å². The lowest BCUT2D eigenvalue weighted by molar-refractivity contribution is 0.158. The van der Waals surface area contributed by atoms with Gasteiger partial charge in [-0.15, -0.1) is 0 Å². The largest absolute Gasteiger partial charge is 0.334 e. The Labute approximate surface area is 145 Å². The maximum absolute atomic E-state index is 12.6. The minimum absolute atomic E-state index is 0.182. The van der Waals surface area contributed by atoms with Gasteiger partial charge in [-0.1, -0.05) is 30.3 Å². The number of likely N-dealkylation sites (tertiary alicyclic amines) is 2. The van der Waals surface area contributed by atoms with E-state index in [4.69, 9.17) is 0 Å². The molecule has 3 fully saturated rings. The van der Waals surface area contributed by atoms with Crippen LogP contribution in [0.15, 0.2) is 30.3 Å². The van der Waals surface area contributed by atoms with Crippen LogP contribution in [0.1, 0.15) is 31.2 Å². The lowest BCUT2D eigenvalue weighted by Crippen LogP contribution is -2.49. The van der Waals surface area contributed by atoms with E-state index in [0.717, 1.165) is 57.4 Å². The van der Waals surface area contributed by atoms with Crippen LogP contribution in [0.3, 0.4) is 0 Å². The number of piperidine rings is 1. The van der Waals surface area contributed by atoms with E-state index in [2.05, 4.69) is 45.4 Å². The number of fused-ring (bicyclic) bond motifs is 2. The molecule has 24 heavy (non-hydrogen) atoms. The molecule has 2 bridgehead atoms. The van der Waals surface area contributed by atoms with Crippen LogP contribution in [-0.2, 0) is 6.42 Å². The van der Waals surface area contributed by atoms with Crippen molar-refractivity contribution in [2.75, 3.05) is 32.7 Å². The number of hydrogen-bond acceptors (Lipinski definition) is 2. The number of nitrogens with zero attached hydrogens (tertiary/aromatic N) is 2. The summed E-state index contributed by atoms with van der Waals surface area (Å²) in [4.78, 5) is 17.1. The summed E-state index contributed by atoms with van der Waals surface area (Å²) in [6.07, 6.45) is 6.18. The first-order valence-corrected chi connectivity index (χ1v) is 9.58. The van der Waals surface area contributed by atoms with E-state index in [0.29, 0.717) is 6.04 Å². The van der Waals surface area contributed by atoms with E-state index in [9.17, 15) is 4.79 Å². The Hall–Kier alpha value is -1.55. The molecule has 1 aromatic carbocycles. The topological polar surface area (TPSA) is 35.6 Å². The highest BCUT2D eigenvalue weighted by atomic mass is 16.2. The maximum Gasteiger partial charge on any atom is 0.317 e. The van der Waals surface area contributed by atoms with E-state index in [1.54, 1.807) is 0 Å². The van der Waals surface area contributed by atoms with Crippen molar-refractivity contribution in [1.29, 1.82) is 0 Å². The van der Waals surface area contributed by atoms with Crippen molar-refractivity contribution in [3.63, 3.8) is 0 Å². The van der Waals surface area contributed by atoms with Crippen LogP contribution in [0.25, 0.3) is 0 Å². The van der Waals surface area contributed by atoms with Crippen molar-refractivity contribution in [1.82, 2.24) is 15.1 Å². The highest BCUT2D eigenvalue weighted by Crippen LogP contribution is 2.36. The van der Waals surface area contributed by atoms with Gasteiger partial charge in [0.1, 0.15) is 0 Å². The number of nitrogens with one attached hydrogen (secondary N) is 1. The van der Waals surface area contributed by atoms with Gasteiger partial charge in [0, 0.05) is 38.8 Å². The number of benzene rings is 1. The fraction of sp³-hybridized carbons (Fsp3) is 0.650. The molecule has 130 valence electrons. The second kappa shape index (κ2) is 7.14. The van der Waals surface area contributed by atoms with Crippen molar-refractivity contribution in [2.24, 2.45) is 11.8 Å². The van der Waals surface area contributed by atoms with Crippen LogP contribution in [0.4, 0.5) is 4.79 Å². The van der Waals surface area contributed by atoms with Gasteiger partial charge in [-0.05, 0) is 49.5 Å². The fourth-order valence-corrected chi connectivity index (χ4v) is 4.73. The Balaban J connectivity index is 1.21. The van der Waals surface area contributed by atoms with Crippen molar-refractivity contribution in [3.05, 3.63) is 35.9 Å². The molecule has 0 radical (unpaired) electrons. The van der Waals surface area contributed by atoms with Crippen molar-refractivity contribution >= 4 is 6.03 Å². The molecule has 2 amide bonds. The molecule has 4 rings (SSSR count). The van der Waals surface area contributed by atoms with Crippen LogP contribution in [0, 0.1) is 11.8 Å². The van der Waals surface area contributed by atoms with Gasteiger partial charge in [0.05, 0.1) is 0 Å². The number of carbonyl (C=O) groups is 1. The van der Waals surface area contributed by atoms with Gasteiger partial charge >= 0.3 is 6.03 Å². The molecular weight excluding hydrogens is 298 g/mol. The third kappa shape index (κ3) is 3.75. The van der Waals surface area contributed by atoms with Crippen molar-refractivity contribution < 1.29 is 4.79 Å². The molecule has 0 aromatic heterocycles. The average molecular weight is 327 g/mol. The molecule has 3 atom stereocenters. The predicted molar refractivity (Wildman–Crippen MR) is 95.9 cm³/mol. The van der Waals surface area contributed by atoms with E-state index >= 15 is 0 Å². The van der Waals surface area contributed by atoms with Crippen molar-refractivity contribution in [3.8, 4) is 0 Å². The van der Waals surface area contributed by atoms with Crippen LogP contribution < -0.4 is 5.32 Å². The molecule has 2 aliphatic heterocycles. The fourth-order valence-electron chi connectivity index (χ4n) is 4.73. The average Bonchev–Trinajstić information content (AvgIpc) is 3.19. The molecule has 3 aliphatic rings. The summed E-state index contributed by atoms with van der Waals surface area (Å²) < 4.78 is 0. The van der Waals surface area contributed by atoms with Gasteiger partial charge in [-0.3, -0.25) is 0 Å². The van der Waals surface area contributed by atoms with Crippen LogP contribution in [-0.4, -0.2) is 54.6 Å². The van der Waals surface area contributed by atoms with Gasteiger partial charge in [-0.25, -0.2) is 4.79 Å². The number of urea groups is 1. The lowest BCUT2D eigenvalue weighted by Gasteiger charge is -2.32. The summed E-state index contributed by atoms with van der Waals surface area (Å²) in [5, 5.41) is 3.29. The highest BCUT2D eigenvalue weighted by molar-refractivity contribution is 5.74. The Morgan fingerprint density at radius 2 is 1.79 bits per heavy atom. The molecule has 2 unspecified atom stereocenters. The molecule has 1 saturated carbocycles. The lowest BCUT2D eigenvalue weighted by atomic mass is 9.99. The second-order valence-electron chi connectivity index (χ2n) is 7.92. The predicted octanol–water partition coefficient (Wildman–Crippen LogP) is 2.74. The summed E-state index contributed by atoms with van der Waals surface area (Å²) in [6, 6.07) is 11.2. The summed E-state index contributed by atoms with van der Waals surface area (Å²) in [6.45, 7) is 5.14. The van der Waals surface area contributed by atoms with Crippen LogP contribution in [0.5, 0.6) is 0 Å². The SMILES string of the molecule is O=C(NC1CCN(CCc2ccccc2)C1)N1CC2CC[C@@H](C2)C1. The molecule has 1 aliphatic carbocycles. The summed E-state index contributed by atoms with van der Waals surface area (Å²) in [5.41, 5.74) is 1.40. The van der Waals surface area contributed by atoms with E-state index in [1.165, 1.54) is 24.8 Å². The standard InChI is InChI=1S/C20H29N3O/c24-20(23-13-17-6-7-18(12-17)14-23)21-19-9-11-22(15-19)10-8-16-4-2-1-3-5-16/h1-5,17-19H,6-15H2,(H,21,24)/t17-,18?,19?/m0/s1. The number of hydrogen-bond donors (Lipinski definition) is 1. The Morgan fingerprint density at radius 1 is 1.04 bits per heavy atom. The zero-order valence-corrected chi connectivity index (χ0v) is 14.5.